The lowest BCUT2D eigenvalue weighted by atomic mass is 9.85. The topological polar surface area (TPSA) is 26.3 Å². The van der Waals surface area contributed by atoms with Crippen molar-refractivity contribution in [2.45, 2.75) is 0 Å². The smallest absolute Gasteiger partial charge is 0.143 e. The van der Waals surface area contributed by atoms with Crippen LogP contribution in [-0.4, -0.2) is 0 Å². The summed E-state index contributed by atoms with van der Waals surface area (Å²) in [5.41, 5.74) is 22.0. The van der Waals surface area contributed by atoms with Crippen LogP contribution in [0.2, 0.25) is 0 Å². The molecule has 2 nitrogen and oxygen atoms in total. The fraction of sp³-hybridized carbons (Fsp3) is 0. The molecule has 20 rings (SSSR count). The second-order valence-corrected chi connectivity index (χ2v) is 25.7. The molecule has 0 saturated carbocycles. The molecule has 0 aliphatic rings. The molecule has 20 aromatic rings. The maximum atomic E-state index is 8.92. The third-order valence-corrected chi connectivity index (χ3v) is 19.9. The van der Waals surface area contributed by atoms with Crippen LogP contribution in [0.5, 0.6) is 0 Å². The molecule has 0 radical (unpaired) electrons. The minimum atomic E-state index is -0.405. The minimum absolute atomic E-state index is 0.198. The molecule has 0 N–H and O–H groups in total. The van der Waals surface area contributed by atoms with E-state index < -0.39 is 12.1 Å². The van der Waals surface area contributed by atoms with Gasteiger partial charge < -0.3 is 8.83 Å². The standard InChI is InChI=1S/2C50H32O/c1-4-15-33(16-5-1)36-21-14-22-37(29-36)39-31-44(34-17-6-2-7-18-34)50-46(32-39)45-30-38(27-28-47(45)51-50)49-42-25-12-10-23-40(42)48(35-19-8-3-9-20-35)41-24-11-13-26-43(41)49;1-4-14-33(15-5-1)34-24-26-35(27-25-34)39-29-30-44-45-32-38(28-31-46(45)51-50(44)49(39)37-18-8-3-9-19-37)48-42-22-12-10-20-40(42)47(36-16-6-2-7-17-36)41-21-11-13-23-43(41)48/h2*1-32H/i3D,8D,9D,19D,20D;2D,6D,7D,16D,17D. The summed E-state index contributed by atoms with van der Waals surface area (Å²) in [6.07, 6.45) is 0. The van der Waals surface area contributed by atoms with Gasteiger partial charge in [0.25, 0.3) is 0 Å². The Kier molecular flexibility index (Phi) is 12.5. The number of furan rings is 2. The Morgan fingerprint density at radius 1 is 0.167 bits per heavy atom. The summed E-state index contributed by atoms with van der Waals surface area (Å²) < 4.78 is 99.5. The van der Waals surface area contributed by atoms with Crippen molar-refractivity contribution in [3.05, 3.63) is 388 Å². The predicted octanol–water partition coefficient (Wildman–Crippen LogP) is 28.5. The summed E-state index contributed by atoms with van der Waals surface area (Å²) in [6.45, 7) is 0. The monoisotopic (exact) mass is 1310 g/mol. The Morgan fingerprint density at radius 2 is 0.500 bits per heavy atom. The third-order valence-electron chi connectivity index (χ3n) is 19.9. The summed E-state index contributed by atoms with van der Waals surface area (Å²) in [4.78, 5) is 0. The lowest BCUT2D eigenvalue weighted by molar-refractivity contribution is 0.669. The van der Waals surface area contributed by atoms with Crippen LogP contribution in [0.15, 0.2) is 397 Å². The maximum absolute atomic E-state index is 8.92. The van der Waals surface area contributed by atoms with Crippen LogP contribution in [0, 0.1) is 0 Å². The molecule has 0 fully saturated rings. The first-order valence-corrected chi connectivity index (χ1v) is 34.2. The molecule has 0 atom stereocenters. The zero-order chi connectivity index (χ0) is 76.2. The van der Waals surface area contributed by atoms with Crippen LogP contribution in [0.1, 0.15) is 13.7 Å². The van der Waals surface area contributed by atoms with E-state index >= 15 is 0 Å². The average Bonchev–Trinajstić information content (AvgIpc) is 1.93. The van der Waals surface area contributed by atoms with E-state index in [2.05, 4.69) is 218 Å². The zero-order valence-corrected chi connectivity index (χ0v) is 55.0. The number of benzene rings is 18. The molecule has 0 bridgehead atoms. The maximum Gasteiger partial charge on any atom is 0.143 e. The minimum Gasteiger partial charge on any atom is -0.455 e. The molecule has 2 heterocycles. The molecule has 2 aromatic heterocycles. The van der Waals surface area contributed by atoms with E-state index in [1.54, 1.807) is 0 Å². The van der Waals surface area contributed by atoms with Crippen LogP contribution in [0.3, 0.4) is 0 Å². The van der Waals surface area contributed by atoms with Crippen molar-refractivity contribution >= 4 is 87.0 Å². The number of hydrogen-bond acceptors (Lipinski definition) is 2. The summed E-state index contributed by atoms with van der Waals surface area (Å²) >= 11 is 0. The molecular formula is C100H64O2. The van der Waals surface area contributed by atoms with Gasteiger partial charge in [0, 0.05) is 32.7 Å². The second-order valence-electron chi connectivity index (χ2n) is 25.7. The molecule has 0 aliphatic heterocycles. The van der Waals surface area contributed by atoms with E-state index in [-0.39, 0.29) is 59.5 Å². The van der Waals surface area contributed by atoms with E-state index in [4.69, 9.17) is 22.5 Å². The van der Waals surface area contributed by atoms with Crippen molar-refractivity contribution in [1.29, 1.82) is 0 Å². The van der Waals surface area contributed by atoms with Gasteiger partial charge in [-0.2, -0.15) is 0 Å². The summed E-state index contributed by atoms with van der Waals surface area (Å²) in [6, 6.07) is 109. The first-order chi connectivity index (χ1) is 54.8. The van der Waals surface area contributed by atoms with Gasteiger partial charge in [0.2, 0.25) is 0 Å². The van der Waals surface area contributed by atoms with E-state index in [1.165, 1.54) is 5.56 Å². The number of hydrogen-bond donors (Lipinski definition) is 0. The summed E-state index contributed by atoms with van der Waals surface area (Å²) in [7, 11) is 0. The third kappa shape index (κ3) is 10.5. The van der Waals surface area contributed by atoms with Gasteiger partial charge in [-0.15, -0.1) is 0 Å². The average molecular weight is 1310 g/mol. The highest BCUT2D eigenvalue weighted by atomic mass is 16.3. The van der Waals surface area contributed by atoms with Gasteiger partial charge >= 0.3 is 0 Å². The molecule has 0 aliphatic carbocycles. The number of fused-ring (bicyclic) bond motifs is 10. The van der Waals surface area contributed by atoms with Crippen LogP contribution in [0.4, 0.5) is 0 Å². The van der Waals surface area contributed by atoms with Crippen LogP contribution < -0.4 is 0 Å². The van der Waals surface area contributed by atoms with Crippen molar-refractivity contribution in [3.8, 4) is 111 Å². The largest absolute Gasteiger partial charge is 0.455 e. The fourth-order valence-corrected chi connectivity index (χ4v) is 15.3. The Labute approximate surface area is 605 Å². The Balaban J connectivity index is 0.000000151. The van der Waals surface area contributed by atoms with Crippen molar-refractivity contribution in [3.63, 3.8) is 0 Å². The molecule has 0 saturated heterocycles. The molecule has 0 spiro atoms. The Hall–Kier alpha value is -13.4. The first kappa shape index (κ1) is 50.0. The van der Waals surface area contributed by atoms with E-state index in [9.17, 15) is 0 Å². The van der Waals surface area contributed by atoms with Crippen molar-refractivity contribution in [2.75, 3.05) is 0 Å². The van der Waals surface area contributed by atoms with Gasteiger partial charge in [-0.3, -0.25) is 0 Å². The Morgan fingerprint density at radius 3 is 0.971 bits per heavy atom. The Bertz CT molecular complexity index is 7050. The highest BCUT2D eigenvalue weighted by Gasteiger charge is 2.24. The molecule has 476 valence electrons. The second kappa shape index (κ2) is 25.5. The molecular weight excluding hydrogens is 1230 g/mol. The summed E-state index contributed by atoms with van der Waals surface area (Å²) in [5, 5.41) is 10.9. The first-order valence-electron chi connectivity index (χ1n) is 39.2. The predicted molar refractivity (Wildman–Crippen MR) is 432 cm³/mol. The van der Waals surface area contributed by atoms with Crippen molar-refractivity contribution in [1.82, 2.24) is 0 Å². The molecule has 0 amide bonds. The van der Waals surface area contributed by atoms with E-state index in [1.807, 2.05) is 109 Å². The van der Waals surface area contributed by atoms with Crippen LogP contribution in [0.25, 0.3) is 198 Å². The van der Waals surface area contributed by atoms with Gasteiger partial charge in [-0.25, -0.2) is 0 Å². The zero-order valence-electron chi connectivity index (χ0n) is 65.0. The molecule has 18 aromatic carbocycles. The van der Waals surface area contributed by atoms with Gasteiger partial charge in [0.15, 0.2) is 0 Å². The van der Waals surface area contributed by atoms with Gasteiger partial charge in [-0.1, -0.05) is 339 Å². The summed E-state index contributed by atoms with van der Waals surface area (Å²) in [5.74, 6) is 0. The molecule has 2 heteroatoms. The van der Waals surface area contributed by atoms with Gasteiger partial charge in [0.1, 0.15) is 22.3 Å². The fourth-order valence-electron chi connectivity index (χ4n) is 15.3. The SMILES string of the molecule is [2H]c1c([2H])c([2H])c(-c2c3ccccc3c(-c3ccc4oc5c(-c6ccccc6)c(-c6ccc(-c7ccccc7)cc6)ccc5c4c3)c3ccccc23)c([2H])c1[2H].[2H]c1c([2H])c([2H])c(-c2c3ccccc3c(-c3ccc4oc5c(-c6ccccc6)cc(-c6cccc(-c7ccccc7)c6)cc5c4c3)c3ccccc23)c([2H])c1[2H]. The van der Waals surface area contributed by atoms with E-state index in [0.717, 1.165) is 170 Å². The number of rotatable bonds is 10. The molecule has 0 unspecified atom stereocenters. The molecule has 102 heavy (non-hydrogen) atoms. The quantitative estimate of drug-likeness (QED) is 0.128. The lowest BCUT2D eigenvalue weighted by Crippen LogP contribution is -1.90. The van der Waals surface area contributed by atoms with Crippen molar-refractivity contribution < 1.29 is 22.5 Å². The van der Waals surface area contributed by atoms with Gasteiger partial charge in [0.05, 0.1) is 13.7 Å². The van der Waals surface area contributed by atoms with Crippen LogP contribution in [-0.2, 0) is 0 Å². The van der Waals surface area contributed by atoms with Crippen molar-refractivity contribution in [2.24, 2.45) is 0 Å². The van der Waals surface area contributed by atoms with Gasteiger partial charge in [-0.05, 0) is 192 Å². The highest BCUT2D eigenvalue weighted by Crippen LogP contribution is 2.50. The normalized spacial score (nSPS) is 12.9. The lowest BCUT2D eigenvalue weighted by Gasteiger charge is -2.17. The van der Waals surface area contributed by atoms with E-state index in [0.29, 0.717) is 11.1 Å². The van der Waals surface area contributed by atoms with Crippen LogP contribution >= 0.6 is 0 Å². The highest BCUT2D eigenvalue weighted by molar-refractivity contribution is 6.25.